The average molecular weight is 333 g/mol. The molecule has 3 rings (SSSR count). The molecule has 0 spiro atoms. The Balaban J connectivity index is 1.61. The summed E-state index contributed by atoms with van der Waals surface area (Å²) >= 11 is 6.00. The van der Waals surface area contributed by atoms with Crippen LogP contribution in [0.4, 0.5) is 17.3 Å². The Bertz CT molecular complexity index is 644. The maximum absolute atomic E-state index is 6.00. The van der Waals surface area contributed by atoms with E-state index in [0.29, 0.717) is 17.2 Å². The Hall–Kier alpha value is -1.85. The monoisotopic (exact) mass is 332 g/mol. The minimum absolute atomic E-state index is 0.401. The van der Waals surface area contributed by atoms with Crippen LogP contribution in [0.3, 0.4) is 0 Å². The zero-order valence-corrected chi connectivity index (χ0v) is 13.9. The third-order valence-electron chi connectivity index (χ3n) is 4.12. The molecular formula is C17H21ClN4O. The lowest BCUT2D eigenvalue weighted by Crippen LogP contribution is -2.29. The SMILES string of the molecule is COC1CCC(Nc2cc(Nc3cccc(Cl)c3)ncn2)CC1. The zero-order chi connectivity index (χ0) is 16.1. The summed E-state index contributed by atoms with van der Waals surface area (Å²) in [4.78, 5) is 8.57. The van der Waals surface area contributed by atoms with Gasteiger partial charge in [-0.05, 0) is 43.9 Å². The van der Waals surface area contributed by atoms with Gasteiger partial charge in [-0.3, -0.25) is 0 Å². The van der Waals surface area contributed by atoms with E-state index in [1.54, 1.807) is 13.4 Å². The maximum Gasteiger partial charge on any atom is 0.135 e. The zero-order valence-electron chi connectivity index (χ0n) is 13.1. The van der Waals surface area contributed by atoms with Crippen molar-refractivity contribution < 1.29 is 4.74 Å². The first-order chi connectivity index (χ1) is 11.2. The Kier molecular flexibility index (Phi) is 5.31. The molecule has 23 heavy (non-hydrogen) atoms. The van der Waals surface area contributed by atoms with Crippen molar-refractivity contribution in [3.8, 4) is 0 Å². The molecule has 1 saturated carbocycles. The van der Waals surface area contributed by atoms with E-state index in [4.69, 9.17) is 16.3 Å². The predicted octanol–water partition coefficient (Wildman–Crippen LogP) is 4.24. The molecule has 2 aromatic rings. The average Bonchev–Trinajstić information content (AvgIpc) is 2.56. The molecule has 0 aliphatic heterocycles. The minimum Gasteiger partial charge on any atom is -0.381 e. The summed E-state index contributed by atoms with van der Waals surface area (Å²) < 4.78 is 5.41. The Morgan fingerprint density at radius 3 is 2.61 bits per heavy atom. The highest BCUT2D eigenvalue weighted by molar-refractivity contribution is 6.30. The highest BCUT2D eigenvalue weighted by Crippen LogP contribution is 2.24. The first-order valence-electron chi connectivity index (χ1n) is 7.87. The van der Waals surface area contributed by atoms with Gasteiger partial charge < -0.3 is 15.4 Å². The van der Waals surface area contributed by atoms with Crippen LogP contribution in [0, 0.1) is 0 Å². The predicted molar refractivity (Wildman–Crippen MR) is 93.4 cm³/mol. The Labute approximate surface area is 141 Å². The third-order valence-corrected chi connectivity index (χ3v) is 4.36. The van der Waals surface area contributed by atoms with Crippen molar-refractivity contribution in [2.24, 2.45) is 0 Å². The summed E-state index contributed by atoms with van der Waals surface area (Å²) in [6, 6.07) is 9.92. The van der Waals surface area contributed by atoms with E-state index in [1.807, 2.05) is 30.3 Å². The second-order valence-electron chi connectivity index (χ2n) is 5.78. The molecule has 1 aromatic heterocycles. The lowest BCUT2D eigenvalue weighted by molar-refractivity contribution is 0.0681. The van der Waals surface area contributed by atoms with Gasteiger partial charge in [0.25, 0.3) is 0 Å². The molecule has 0 radical (unpaired) electrons. The molecule has 1 heterocycles. The highest BCUT2D eigenvalue weighted by atomic mass is 35.5. The smallest absolute Gasteiger partial charge is 0.135 e. The first kappa shape index (κ1) is 16.0. The van der Waals surface area contributed by atoms with Crippen LogP contribution in [-0.4, -0.2) is 29.2 Å². The van der Waals surface area contributed by atoms with Crippen molar-refractivity contribution >= 4 is 28.9 Å². The standard InChI is InChI=1S/C17H21ClN4O/c1-23-15-7-5-13(6-8-15)21-16-10-17(20-11-19-16)22-14-4-2-3-12(18)9-14/h2-4,9-11,13,15H,5-8H2,1H3,(H2,19,20,21,22). The second kappa shape index (κ2) is 7.62. The highest BCUT2D eigenvalue weighted by Gasteiger charge is 2.20. The number of hydrogen-bond donors (Lipinski definition) is 2. The third kappa shape index (κ3) is 4.56. The summed E-state index contributed by atoms with van der Waals surface area (Å²) in [5.74, 6) is 1.58. The number of nitrogens with one attached hydrogen (secondary N) is 2. The Morgan fingerprint density at radius 1 is 1.09 bits per heavy atom. The molecule has 5 nitrogen and oxygen atoms in total. The number of nitrogens with zero attached hydrogens (tertiary/aromatic N) is 2. The fraction of sp³-hybridized carbons (Fsp3) is 0.412. The van der Waals surface area contributed by atoms with Crippen LogP contribution in [0.1, 0.15) is 25.7 Å². The summed E-state index contributed by atoms with van der Waals surface area (Å²) in [7, 11) is 1.79. The number of benzene rings is 1. The molecule has 1 aliphatic carbocycles. The van der Waals surface area contributed by atoms with Gasteiger partial charge in [0, 0.05) is 29.9 Å². The van der Waals surface area contributed by atoms with Crippen LogP contribution >= 0.6 is 11.6 Å². The fourth-order valence-electron chi connectivity index (χ4n) is 2.87. The fourth-order valence-corrected chi connectivity index (χ4v) is 3.06. The molecular weight excluding hydrogens is 312 g/mol. The number of anilines is 3. The summed E-state index contributed by atoms with van der Waals surface area (Å²) in [5.41, 5.74) is 0.905. The quantitative estimate of drug-likeness (QED) is 0.857. The van der Waals surface area contributed by atoms with Crippen molar-refractivity contribution in [2.75, 3.05) is 17.7 Å². The number of ether oxygens (including phenoxy) is 1. The maximum atomic E-state index is 6.00. The normalized spacial score (nSPS) is 21.0. The van der Waals surface area contributed by atoms with E-state index < -0.39 is 0 Å². The van der Waals surface area contributed by atoms with Crippen LogP contribution in [0.25, 0.3) is 0 Å². The van der Waals surface area contributed by atoms with Gasteiger partial charge in [-0.15, -0.1) is 0 Å². The van der Waals surface area contributed by atoms with E-state index in [1.165, 1.54) is 0 Å². The van der Waals surface area contributed by atoms with Crippen LogP contribution in [0.5, 0.6) is 0 Å². The summed E-state index contributed by atoms with van der Waals surface area (Å²) in [6.45, 7) is 0. The van der Waals surface area contributed by atoms with Gasteiger partial charge in [0.2, 0.25) is 0 Å². The van der Waals surface area contributed by atoms with Crippen molar-refractivity contribution in [1.29, 1.82) is 0 Å². The molecule has 1 aromatic carbocycles. The minimum atomic E-state index is 0.401. The van der Waals surface area contributed by atoms with E-state index in [2.05, 4.69) is 20.6 Å². The summed E-state index contributed by atoms with van der Waals surface area (Å²) in [5, 5.41) is 7.43. The van der Waals surface area contributed by atoms with Crippen LogP contribution < -0.4 is 10.6 Å². The van der Waals surface area contributed by atoms with Gasteiger partial charge in [0.05, 0.1) is 6.10 Å². The van der Waals surface area contributed by atoms with Gasteiger partial charge in [-0.2, -0.15) is 0 Å². The van der Waals surface area contributed by atoms with Gasteiger partial charge in [-0.25, -0.2) is 9.97 Å². The number of rotatable bonds is 5. The number of halogens is 1. The molecule has 6 heteroatoms. The second-order valence-corrected chi connectivity index (χ2v) is 6.21. The molecule has 0 unspecified atom stereocenters. The largest absolute Gasteiger partial charge is 0.381 e. The molecule has 1 aliphatic rings. The first-order valence-corrected chi connectivity index (χ1v) is 8.24. The van der Waals surface area contributed by atoms with Crippen molar-refractivity contribution in [2.45, 2.75) is 37.8 Å². The van der Waals surface area contributed by atoms with Gasteiger partial charge in [-0.1, -0.05) is 17.7 Å². The number of hydrogen-bond acceptors (Lipinski definition) is 5. The molecule has 0 amide bonds. The van der Waals surface area contributed by atoms with E-state index in [-0.39, 0.29) is 0 Å². The van der Waals surface area contributed by atoms with Crippen molar-refractivity contribution in [3.05, 3.63) is 41.7 Å². The lowest BCUT2D eigenvalue weighted by atomic mass is 9.93. The number of aromatic nitrogens is 2. The molecule has 1 fully saturated rings. The lowest BCUT2D eigenvalue weighted by Gasteiger charge is -2.28. The molecule has 2 N–H and O–H groups in total. The number of methoxy groups -OCH3 is 1. The van der Waals surface area contributed by atoms with E-state index in [9.17, 15) is 0 Å². The van der Waals surface area contributed by atoms with Crippen LogP contribution in [0.2, 0.25) is 5.02 Å². The molecule has 0 bridgehead atoms. The van der Waals surface area contributed by atoms with Crippen LogP contribution in [-0.2, 0) is 4.74 Å². The van der Waals surface area contributed by atoms with Crippen molar-refractivity contribution in [1.82, 2.24) is 9.97 Å². The summed E-state index contributed by atoms with van der Waals surface area (Å²) in [6.07, 6.45) is 6.34. The van der Waals surface area contributed by atoms with Crippen molar-refractivity contribution in [3.63, 3.8) is 0 Å². The Morgan fingerprint density at radius 2 is 1.87 bits per heavy atom. The van der Waals surface area contributed by atoms with Gasteiger partial charge in [0.1, 0.15) is 18.0 Å². The topological polar surface area (TPSA) is 59.1 Å². The van der Waals surface area contributed by atoms with Gasteiger partial charge >= 0.3 is 0 Å². The molecule has 122 valence electrons. The van der Waals surface area contributed by atoms with E-state index in [0.717, 1.165) is 43.0 Å². The van der Waals surface area contributed by atoms with E-state index >= 15 is 0 Å². The molecule has 0 saturated heterocycles. The van der Waals surface area contributed by atoms with Crippen LogP contribution in [0.15, 0.2) is 36.7 Å². The molecule has 0 atom stereocenters. The van der Waals surface area contributed by atoms with Gasteiger partial charge in [0.15, 0.2) is 0 Å².